The highest BCUT2D eigenvalue weighted by atomic mass is 16.1. The molecule has 0 radical (unpaired) electrons. The minimum absolute atomic E-state index is 0.00679. The van der Waals surface area contributed by atoms with Crippen LogP contribution in [0.1, 0.15) is 18.2 Å². The number of nitrogens with one attached hydrogen (secondary N) is 1. The van der Waals surface area contributed by atoms with Crippen molar-refractivity contribution in [1.82, 2.24) is 9.88 Å². The largest absolute Gasteiger partial charge is 0.352 e. The minimum Gasteiger partial charge on any atom is -0.352 e. The first-order chi connectivity index (χ1) is 7.61. The number of aryl methyl sites for hydroxylation is 1. The van der Waals surface area contributed by atoms with E-state index >= 15 is 0 Å². The Labute approximate surface area is 95.1 Å². The zero-order valence-corrected chi connectivity index (χ0v) is 9.87. The lowest BCUT2D eigenvalue weighted by Crippen LogP contribution is -2.19. The number of hydrogen-bond donors (Lipinski definition) is 1. The summed E-state index contributed by atoms with van der Waals surface area (Å²) >= 11 is 0. The predicted octanol–water partition coefficient (Wildman–Crippen LogP) is 2.12. The Morgan fingerprint density at radius 2 is 2.06 bits per heavy atom. The molecular formula is C13H16N2O. The quantitative estimate of drug-likeness (QED) is 0.819. The Kier molecular flexibility index (Phi) is 2.69. The number of carbonyl (C=O) groups is 1. The van der Waals surface area contributed by atoms with E-state index in [4.69, 9.17) is 0 Å². The Balaban J connectivity index is 2.51. The van der Waals surface area contributed by atoms with E-state index in [9.17, 15) is 4.79 Å². The van der Waals surface area contributed by atoms with Crippen molar-refractivity contribution in [2.45, 2.75) is 20.4 Å². The van der Waals surface area contributed by atoms with Gasteiger partial charge < -0.3 is 9.88 Å². The molecule has 2 aromatic rings. The number of fused-ring (bicyclic) bond motifs is 1. The molecule has 0 spiro atoms. The van der Waals surface area contributed by atoms with Crippen molar-refractivity contribution in [3.05, 3.63) is 35.5 Å². The summed E-state index contributed by atoms with van der Waals surface area (Å²) in [6.45, 7) is 4.22. The summed E-state index contributed by atoms with van der Waals surface area (Å²) in [7, 11) is 2.05. The molecule has 0 aliphatic heterocycles. The van der Waals surface area contributed by atoms with Crippen molar-refractivity contribution < 1.29 is 4.79 Å². The van der Waals surface area contributed by atoms with Crippen LogP contribution in [0.5, 0.6) is 0 Å². The maximum atomic E-state index is 11.0. The summed E-state index contributed by atoms with van der Waals surface area (Å²) in [6.07, 6.45) is 0. The second-order valence-corrected chi connectivity index (χ2v) is 4.05. The molecule has 0 bridgehead atoms. The molecule has 0 fully saturated rings. The molecule has 3 nitrogen and oxygen atoms in total. The van der Waals surface area contributed by atoms with E-state index in [1.807, 2.05) is 12.1 Å². The molecule has 3 heteroatoms. The van der Waals surface area contributed by atoms with Crippen molar-refractivity contribution >= 4 is 16.8 Å². The van der Waals surface area contributed by atoms with Crippen LogP contribution in [-0.4, -0.2) is 10.5 Å². The fourth-order valence-corrected chi connectivity index (χ4v) is 2.04. The number of nitrogens with zero attached hydrogens (tertiary/aromatic N) is 1. The van der Waals surface area contributed by atoms with Crippen molar-refractivity contribution in [3.8, 4) is 0 Å². The average Bonchev–Trinajstić information content (AvgIpc) is 2.50. The lowest BCUT2D eigenvalue weighted by molar-refractivity contribution is -0.119. The van der Waals surface area contributed by atoms with Gasteiger partial charge in [-0.05, 0) is 18.6 Å². The molecular weight excluding hydrogens is 200 g/mol. The van der Waals surface area contributed by atoms with Crippen molar-refractivity contribution in [2.24, 2.45) is 7.05 Å². The van der Waals surface area contributed by atoms with Gasteiger partial charge in [0.2, 0.25) is 5.91 Å². The van der Waals surface area contributed by atoms with Crippen molar-refractivity contribution in [1.29, 1.82) is 0 Å². The molecule has 0 aliphatic carbocycles. The van der Waals surface area contributed by atoms with E-state index in [-0.39, 0.29) is 5.91 Å². The van der Waals surface area contributed by atoms with Crippen LogP contribution in [0, 0.1) is 6.92 Å². The average molecular weight is 216 g/mol. The van der Waals surface area contributed by atoms with Gasteiger partial charge in [-0.15, -0.1) is 0 Å². The number of aromatic nitrogens is 1. The summed E-state index contributed by atoms with van der Waals surface area (Å²) in [4.78, 5) is 11.0. The Morgan fingerprint density at radius 1 is 1.38 bits per heavy atom. The molecule has 1 aromatic heterocycles. The van der Waals surface area contributed by atoms with Crippen LogP contribution in [0.4, 0.5) is 0 Å². The number of hydrogen-bond acceptors (Lipinski definition) is 1. The smallest absolute Gasteiger partial charge is 0.217 e. The molecule has 1 heterocycles. The van der Waals surface area contributed by atoms with Crippen LogP contribution in [0.15, 0.2) is 24.3 Å². The van der Waals surface area contributed by atoms with Crippen LogP contribution < -0.4 is 5.32 Å². The number of amides is 1. The van der Waals surface area contributed by atoms with Gasteiger partial charge in [-0.25, -0.2) is 0 Å². The van der Waals surface area contributed by atoms with Crippen molar-refractivity contribution in [2.75, 3.05) is 0 Å². The predicted molar refractivity (Wildman–Crippen MR) is 65.2 cm³/mol. The zero-order valence-electron chi connectivity index (χ0n) is 9.87. The van der Waals surface area contributed by atoms with Crippen LogP contribution in [0.25, 0.3) is 10.9 Å². The van der Waals surface area contributed by atoms with E-state index < -0.39 is 0 Å². The number of carbonyl (C=O) groups excluding carboxylic acids is 1. The van der Waals surface area contributed by atoms with Gasteiger partial charge in [-0.2, -0.15) is 0 Å². The van der Waals surface area contributed by atoms with Crippen LogP contribution >= 0.6 is 0 Å². The number of para-hydroxylation sites is 1. The Bertz CT molecular complexity index is 540. The van der Waals surface area contributed by atoms with Gasteiger partial charge in [-0.3, -0.25) is 4.79 Å². The van der Waals surface area contributed by atoms with E-state index in [1.165, 1.54) is 22.2 Å². The highest BCUT2D eigenvalue weighted by Gasteiger charge is 2.10. The van der Waals surface area contributed by atoms with Crippen LogP contribution in [0.2, 0.25) is 0 Å². The number of benzene rings is 1. The first kappa shape index (κ1) is 10.7. The van der Waals surface area contributed by atoms with Gasteiger partial charge in [-0.1, -0.05) is 18.2 Å². The van der Waals surface area contributed by atoms with Gasteiger partial charge in [0, 0.05) is 37.1 Å². The Hall–Kier alpha value is -1.77. The molecule has 0 atom stereocenters. The summed E-state index contributed by atoms with van der Waals surface area (Å²) in [6, 6.07) is 8.25. The second kappa shape index (κ2) is 4.00. The first-order valence-electron chi connectivity index (χ1n) is 5.38. The molecule has 0 aliphatic rings. The molecule has 2 rings (SSSR count). The van der Waals surface area contributed by atoms with E-state index in [0.29, 0.717) is 6.54 Å². The third-order valence-corrected chi connectivity index (χ3v) is 3.04. The highest BCUT2D eigenvalue weighted by Crippen LogP contribution is 2.24. The molecule has 1 N–H and O–H groups in total. The Morgan fingerprint density at radius 3 is 2.75 bits per heavy atom. The molecule has 16 heavy (non-hydrogen) atoms. The summed E-state index contributed by atoms with van der Waals surface area (Å²) in [5.41, 5.74) is 3.61. The van der Waals surface area contributed by atoms with Crippen LogP contribution in [-0.2, 0) is 18.4 Å². The van der Waals surface area contributed by atoms with Crippen molar-refractivity contribution in [3.63, 3.8) is 0 Å². The van der Waals surface area contributed by atoms with E-state index in [2.05, 4.69) is 36.0 Å². The fraction of sp³-hybridized carbons (Fsp3) is 0.308. The second-order valence-electron chi connectivity index (χ2n) is 4.05. The maximum Gasteiger partial charge on any atom is 0.217 e. The maximum absolute atomic E-state index is 11.0. The lowest BCUT2D eigenvalue weighted by Gasteiger charge is -2.03. The fourth-order valence-electron chi connectivity index (χ4n) is 2.04. The highest BCUT2D eigenvalue weighted by molar-refractivity contribution is 5.86. The van der Waals surface area contributed by atoms with Gasteiger partial charge in [0.15, 0.2) is 0 Å². The van der Waals surface area contributed by atoms with E-state index in [1.54, 1.807) is 6.92 Å². The molecule has 1 amide bonds. The van der Waals surface area contributed by atoms with Gasteiger partial charge in [0.25, 0.3) is 0 Å². The zero-order chi connectivity index (χ0) is 11.7. The summed E-state index contributed by atoms with van der Waals surface area (Å²) in [5, 5.41) is 4.07. The van der Waals surface area contributed by atoms with Gasteiger partial charge >= 0.3 is 0 Å². The van der Waals surface area contributed by atoms with Crippen LogP contribution in [0.3, 0.4) is 0 Å². The normalized spacial score (nSPS) is 10.7. The van der Waals surface area contributed by atoms with Gasteiger partial charge in [0.05, 0.1) is 0 Å². The summed E-state index contributed by atoms with van der Waals surface area (Å²) < 4.78 is 2.16. The standard InChI is InChI=1S/C13H16N2O/c1-9-12(8-14-10(2)16)11-6-4-5-7-13(11)15(9)3/h4-7H,8H2,1-3H3,(H,14,16). The van der Waals surface area contributed by atoms with E-state index in [0.717, 1.165) is 0 Å². The monoisotopic (exact) mass is 216 g/mol. The SMILES string of the molecule is CC(=O)NCc1c(C)n(C)c2ccccc12. The topological polar surface area (TPSA) is 34.0 Å². The lowest BCUT2D eigenvalue weighted by atomic mass is 10.1. The van der Waals surface area contributed by atoms with Gasteiger partial charge in [0.1, 0.15) is 0 Å². The molecule has 1 aromatic carbocycles. The minimum atomic E-state index is 0.00679. The molecule has 0 unspecified atom stereocenters. The number of rotatable bonds is 2. The summed E-state index contributed by atoms with van der Waals surface area (Å²) in [5.74, 6) is 0.00679. The molecule has 0 saturated heterocycles. The molecule has 0 saturated carbocycles. The third-order valence-electron chi connectivity index (χ3n) is 3.04. The molecule has 84 valence electrons. The first-order valence-corrected chi connectivity index (χ1v) is 5.38. The third kappa shape index (κ3) is 1.69.